The monoisotopic (exact) mass is 272 g/mol. The lowest BCUT2D eigenvalue weighted by atomic mass is 9.86. The molecule has 0 radical (unpaired) electrons. The minimum absolute atomic E-state index is 0.394. The molecule has 1 aromatic rings. The summed E-state index contributed by atoms with van der Waals surface area (Å²) in [4.78, 5) is 2.54. The van der Waals surface area contributed by atoms with E-state index in [4.69, 9.17) is 0 Å². The van der Waals surface area contributed by atoms with Crippen LogP contribution in [0.25, 0.3) is 0 Å². The Morgan fingerprint density at radius 3 is 2.45 bits per heavy atom. The van der Waals surface area contributed by atoms with Gasteiger partial charge in [0.15, 0.2) is 0 Å². The zero-order chi connectivity index (χ0) is 13.8. The van der Waals surface area contributed by atoms with Crippen molar-refractivity contribution in [1.29, 1.82) is 0 Å². The maximum absolute atomic E-state index is 9.18. The molecule has 1 heterocycles. The van der Waals surface area contributed by atoms with E-state index in [0.717, 1.165) is 31.6 Å². The summed E-state index contributed by atoms with van der Waals surface area (Å²) in [5.74, 6) is 0.700. The van der Waals surface area contributed by atoms with Crippen LogP contribution in [0.2, 0.25) is 0 Å². The maximum Gasteiger partial charge on any atom is 0.0742 e. The van der Waals surface area contributed by atoms with Crippen LogP contribution >= 0.6 is 0 Å². The van der Waals surface area contributed by atoms with Gasteiger partial charge in [-0.05, 0) is 56.7 Å². The van der Waals surface area contributed by atoms with Crippen molar-refractivity contribution in [2.75, 3.05) is 13.1 Å². The molecule has 1 N–H and O–H groups in total. The fourth-order valence-corrected chi connectivity index (χ4v) is 3.76. The summed E-state index contributed by atoms with van der Waals surface area (Å²) < 4.78 is 0. The van der Waals surface area contributed by atoms with Crippen molar-refractivity contribution in [3.05, 3.63) is 35.9 Å². The maximum atomic E-state index is 9.18. The molecule has 108 valence electrons. The SMILES string of the molecule is ON=C1CCCCC1N1CCC(c2ccccc2)CC1. The van der Waals surface area contributed by atoms with Gasteiger partial charge in [-0.15, -0.1) is 0 Å². The molecule has 2 aliphatic rings. The molecule has 1 aliphatic heterocycles. The van der Waals surface area contributed by atoms with Crippen molar-refractivity contribution >= 4 is 5.71 Å². The third-order valence-electron chi connectivity index (χ3n) is 4.91. The molecule has 3 nitrogen and oxygen atoms in total. The fourth-order valence-electron chi connectivity index (χ4n) is 3.76. The molecular formula is C17H24N2O. The summed E-state index contributed by atoms with van der Waals surface area (Å²) >= 11 is 0. The van der Waals surface area contributed by atoms with Crippen LogP contribution in [0.4, 0.5) is 0 Å². The standard InChI is InChI=1S/C17H24N2O/c20-18-16-8-4-5-9-17(16)19-12-10-15(11-13-19)14-6-2-1-3-7-14/h1-3,6-7,15,17,20H,4-5,8-13H2. The predicted molar refractivity (Wildman–Crippen MR) is 81.5 cm³/mol. The Bertz CT molecular complexity index is 449. The van der Waals surface area contributed by atoms with E-state index in [1.165, 1.54) is 31.2 Å². The zero-order valence-corrected chi connectivity index (χ0v) is 12.0. The summed E-state index contributed by atoms with van der Waals surface area (Å²) in [7, 11) is 0. The van der Waals surface area contributed by atoms with Gasteiger partial charge in [0.25, 0.3) is 0 Å². The first kappa shape index (κ1) is 13.6. The van der Waals surface area contributed by atoms with Gasteiger partial charge >= 0.3 is 0 Å². The number of nitrogens with zero attached hydrogens (tertiary/aromatic N) is 2. The minimum Gasteiger partial charge on any atom is -0.411 e. The van der Waals surface area contributed by atoms with Gasteiger partial charge in [-0.3, -0.25) is 4.90 Å². The van der Waals surface area contributed by atoms with Crippen LogP contribution < -0.4 is 0 Å². The van der Waals surface area contributed by atoms with Crippen molar-refractivity contribution in [2.24, 2.45) is 5.16 Å². The van der Waals surface area contributed by atoms with Gasteiger partial charge in [-0.1, -0.05) is 41.9 Å². The lowest BCUT2D eigenvalue weighted by molar-refractivity contribution is 0.169. The first-order valence-electron chi connectivity index (χ1n) is 7.88. The number of hydrogen-bond donors (Lipinski definition) is 1. The molecule has 1 saturated heterocycles. The Kier molecular flexibility index (Phi) is 4.36. The normalized spacial score (nSPS) is 27.8. The van der Waals surface area contributed by atoms with E-state index in [1.807, 2.05) is 0 Å². The van der Waals surface area contributed by atoms with Crippen molar-refractivity contribution < 1.29 is 5.21 Å². The quantitative estimate of drug-likeness (QED) is 0.659. The van der Waals surface area contributed by atoms with Gasteiger partial charge < -0.3 is 5.21 Å². The van der Waals surface area contributed by atoms with Crippen LogP contribution in [0.3, 0.4) is 0 Å². The Labute approximate surface area is 121 Å². The smallest absolute Gasteiger partial charge is 0.0742 e. The molecule has 0 spiro atoms. The van der Waals surface area contributed by atoms with Crippen LogP contribution in [0.1, 0.15) is 50.0 Å². The van der Waals surface area contributed by atoms with E-state index in [0.29, 0.717) is 12.0 Å². The largest absolute Gasteiger partial charge is 0.411 e. The molecule has 2 fully saturated rings. The summed E-state index contributed by atoms with van der Waals surface area (Å²) in [5.41, 5.74) is 2.49. The Balaban J connectivity index is 1.61. The first-order valence-corrected chi connectivity index (χ1v) is 7.88. The number of rotatable bonds is 2. The Morgan fingerprint density at radius 1 is 1.00 bits per heavy atom. The van der Waals surface area contributed by atoms with Gasteiger partial charge in [0.2, 0.25) is 0 Å². The van der Waals surface area contributed by atoms with Crippen molar-refractivity contribution in [3.8, 4) is 0 Å². The highest BCUT2D eigenvalue weighted by Gasteiger charge is 2.30. The lowest BCUT2D eigenvalue weighted by Crippen LogP contribution is -2.46. The molecule has 20 heavy (non-hydrogen) atoms. The molecular weight excluding hydrogens is 248 g/mol. The van der Waals surface area contributed by atoms with E-state index in [1.54, 1.807) is 0 Å². The van der Waals surface area contributed by atoms with Gasteiger partial charge in [-0.2, -0.15) is 0 Å². The molecule has 1 atom stereocenters. The van der Waals surface area contributed by atoms with Gasteiger partial charge in [0.05, 0.1) is 11.8 Å². The summed E-state index contributed by atoms with van der Waals surface area (Å²) in [6.45, 7) is 2.26. The zero-order valence-electron chi connectivity index (χ0n) is 12.0. The van der Waals surface area contributed by atoms with Gasteiger partial charge in [-0.25, -0.2) is 0 Å². The molecule has 3 heteroatoms. The highest BCUT2D eigenvalue weighted by atomic mass is 16.4. The van der Waals surface area contributed by atoms with E-state index in [9.17, 15) is 5.21 Å². The van der Waals surface area contributed by atoms with Crippen LogP contribution in [0, 0.1) is 0 Å². The predicted octanol–water partition coefficient (Wildman–Crippen LogP) is 3.64. The van der Waals surface area contributed by atoms with E-state index in [-0.39, 0.29) is 0 Å². The average molecular weight is 272 g/mol. The van der Waals surface area contributed by atoms with E-state index < -0.39 is 0 Å². The summed E-state index contributed by atoms with van der Waals surface area (Å²) in [6.07, 6.45) is 7.02. The average Bonchev–Trinajstić information content (AvgIpc) is 2.56. The van der Waals surface area contributed by atoms with Crippen LogP contribution in [0.5, 0.6) is 0 Å². The minimum atomic E-state index is 0.394. The number of piperidine rings is 1. The molecule has 0 aromatic heterocycles. The molecule has 3 rings (SSSR count). The van der Waals surface area contributed by atoms with Crippen LogP contribution in [-0.2, 0) is 0 Å². The highest BCUT2D eigenvalue weighted by molar-refractivity contribution is 5.89. The molecule has 0 amide bonds. The second-order valence-corrected chi connectivity index (χ2v) is 6.07. The van der Waals surface area contributed by atoms with Crippen molar-refractivity contribution in [3.63, 3.8) is 0 Å². The third-order valence-corrected chi connectivity index (χ3v) is 4.91. The lowest BCUT2D eigenvalue weighted by Gasteiger charge is -2.39. The molecule has 1 aliphatic carbocycles. The van der Waals surface area contributed by atoms with Crippen LogP contribution in [-0.4, -0.2) is 35.0 Å². The number of oxime groups is 1. The molecule has 1 unspecified atom stereocenters. The van der Waals surface area contributed by atoms with Gasteiger partial charge in [0.1, 0.15) is 0 Å². The van der Waals surface area contributed by atoms with Crippen LogP contribution in [0.15, 0.2) is 35.5 Å². The second-order valence-electron chi connectivity index (χ2n) is 6.07. The summed E-state index contributed by atoms with van der Waals surface area (Å²) in [5, 5.41) is 12.7. The molecule has 1 aromatic carbocycles. The van der Waals surface area contributed by atoms with E-state index >= 15 is 0 Å². The van der Waals surface area contributed by atoms with Crippen molar-refractivity contribution in [2.45, 2.75) is 50.5 Å². The number of likely N-dealkylation sites (tertiary alicyclic amines) is 1. The van der Waals surface area contributed by atoms with Crippen molar-refractivity contribution in [1.82, 2.24) is 4.90 Å². The number of hydrogen-bond acceptors (Lipinski definition) is 3. The summed E-state index contributed by atoms with van der Waals surface area (Å²) in [6, 6.07) is 11.3. The van der Waals surface area contributed by atoms with E-state index in [2.05, 4.69) is 40.4 Å². The molecule has 1 saturated carbocycles. The highest BCUT2D eigenvalue weighted by Crippen LogP contribution is 2.31. The topological polar surface area (TPSA) is 35.8 Å². The first-order chi connectivity index (χ1) is 9.88. The Hall–Kier alpha value is -1.35. The molecule has 0 bridgehead atoms. The fraction of sp³-hybridized carbons (Fsp3) is 0.588. The third kappa shape index (κ3) is 2.88. The number of benzene rings is 1. The Morgan fingerprint density at radius 2 is 1.75 bits per heavy atom. The van der Waals surface area contributed by atoms with Gasteiger partial charge in [0, 0.05) is 0 Å². The second kappa shape index (κ2) is 6.40.